The molecule has 0 radical (unpaired) electrons. The van der Waals surface area contributed by atoms with E-state index in [2.05, 4.69) is 55.3 Å². The van der Waals surface area contributed by atoms with Crippen LogP contribution in [0.5, 0.6) is 0 Å². The van der Waals surface area contributed by atoms with Crippen LogP contribution in [-0.4, -0.2) is 30.6 Å². The predicted octanol–water partition coefficient (Wildman–Crippen LogP) is 3.38. The van der Waals surface area contributed by atoms with Gasteiger partial charge in [0, 0.05) is 18.6 Å². The van der Waals surface area contributed by atoms with Crippen molar-refractivity contribution in [3.63, 3.8) is 0 Å². The van der Waals surface area contributed by atoms with Gasteiger partial charge in [0.1, 0.15) is 0 Å². The van der Waals surface area contributed by atoms with Crippen molar-refractivity contribution >= 4 is 0 Å². The summed E-state index contributed by atoms with van der Waals surface area (Å²) in [5.41, 5.74) is 3.40. The molecule has 2 aliphatic rings. The summed E-state index contributed by atoms with van der Waals surface area (Å²) >= 11 is 0. The molecule has 0 aromatic heterocycles. The van der Waals surface area contributed by atoms with Crippen LogP contribution < -0.4 is 5.32 Å². The van der Waals surface area contributed by atoms with Crippen molar-refractivity contribution < 1.29 is 0 Å². The van der Waals surface area contributed by atoms with Crippen molar-refractivity contribution in [2.75, 3.05) is 19.6 Å². The van der Waals surface area contributed by atoms with E-state index in [-0.39, 0.29) is 0 Å². The molecule has 2 atom stereocenters. The molecule has 1 heterocycles. The number of benzene rings is 1. The zero-order chi connectivity index (χ0) is 14.2. The van der Waals surface area contributed by atoms with Crippen LogP contribution in [0, 0.1) is 5.41 Å². The maximum absolute atomic E-state index is 3.89. The second kappa shape index (κ2) is 5.50. The lowest BCUT2D eigenvalue weighted by Gasteiger charge is -2.31. The number of hydrogen-bond donors (Lipinski definition) is 1. The van der Waals surface area contributed by atoms with Gasteiger partial charge in [0.2, 0.25) is 0 Å². The van der Waals surface area contributed by atoms with E-state index in [1.54, 1.807) is 0 Å². The fraction of sp³-hybridized carbons (Fsp3) is 0.667. The summed E-state index contributed by atoms with van der Waals surface area (Å²) in [7, 11) is 0. The zero-order valence-corrected chi connectivity index (χ0v) is 13.2. The number of fused-ring (bicyclic) bond motifs is 1. The average Bonchev–Trinajstić information content (AvgIpc) is 2.96. The standard InChI is InChI=1S/C18H28N2/c1-4-20-11-7-9-15(20)13-19-17-16-10-6-5-8-14(16)12-18(17,2)3/h5-6,8,10,15,17,19H,4,7,9,11-13H2,1-3H3. The van der Waals surface area contributed by atoms with Gasteiger partial charge in [0.25, 0.3) is 0 Å². The van der Waals surface area contributed by atoms with Crippen LogP contribution in [-0.2, 0) is 6.42 Å². The van der Waals surface area contributed by atoms with Crippen LogP contribution >= 0.6 is 0 Å². The van der Waals surface area contributed by atoms with Gasteiger partial charge in [-0.15, -0.1) is 0 Å². The number of nitrogens with one attached hydrogen (secondary N) is 1. The SMILES string of the molecule is CCN1CCCC1CNC1c2ccccc2CC1(C)C. The van der Waals surface area contributed by atoms with Crippen molar-refractivity contribution in [2.45, 2.75) is 52.1 Å². The predicted molar refractivity (Wildman–Crippen MR) is 84.9 cm³/mol. The Labute approximate surface area is 123 Å². The van der Waals surface area contributed by atoms with Crippen molar-refractivity contribution in [1.82, 2.24) is 10.2 Å². The Hall–Kier alpha value is -0.860. The summed E-state index contributed by atoms with van der Waals surface area (Å²) in [5, 5.41) is 3.89. The molecule has 20 heavy (non-hydrogen) atoms. The molecule has 1 aromatic carbocycles. The van der Waals surface area contributed by atoms with E-state index < -0.39 is 0 Å². The number of likely N-dealkylation sites (tertiary alicyclic amines) is 1. The maximum Gasteiger partial charge on any atom is 0.0378 e. The molecule has 2 unspecified atom stereocenters. The van der Waals surface area contributed by atoms with Crippen LogP contribution in [0.4, 0.5) is 0 Å². The summed E-state index contributed by atoms with van der Waals surface area (Å²) in [4.78, 5) is 2.63. The first-order valence-electron chi connectivity index (χ1n) is 8.17. The van der Waals surface area contributed by atoms with Crippen LogP contribution in [0.3, 0.4) is 0 Å². The number of rotatable bonds is 4. The molecule has 0 bridgehead atoms. The molecular weight excluding hydrogens is 244 g/mol. The summed E-state index contributed by atoms with van der Waals surface area (Å²) in [5.74, 6) is 0. The summed E-state index contributed by atoms with van der Waals surface area (Å²) in [6, 6.07) is 10.2. The summed E-state index contributed by atoms with van der Waals surface area (Å²) < 4.78 is 0. The fourth-order valence-electron chi connectivity index (χ4n) is 4.17. The molecule has 110 valence electrons. The first-order chi connectivity index (χ1) is 9.62. The summed E-state index contributed by atoms with van der Waals surface area (Å²) in [6.45, 7) is 10.7. The highest BCUT2D eigenvalue weighted by Crippen LogP contribution is 2.45. The van der Waals surface area contributed by atoms with Crippen molar-refractivity contribution in [2.24, 2.45) is 5.41 Å². The van der Waals surface area contributed by atoms with Gasteiger partial charge in [-0.2, -0.15) is 0 Å². The monoisotopic (exact) mass is 272 g/mol. The molecule has 3 rings (SSSR count). The molecule has 0 saturated carbocycles. The highest BCUT2D eigenvalue weighted by Gasteiger charge is 2.38. The van der Waals surface area contributed by atoms with Gasteiger partial charge in [-0.25, -0.2) is 0 Å². The second-order valence-corrected chi connectivity index (χ2v) is 7.13. The molecule has 1 aliphatic heterocycles. The molecule has 1 saturated heterocycles. The van der Waals surface area contributed by atoms with Gasteiger partial charge in [0.05, 0.1) is 0 Å². The lowest BCUT2D eigenvalue weighted by molar-refractivity contribution is 0.219. The van der Waals surface area contributed by atoms with E-state index in [1.165, 1.54) is 43.5 Å². The Morgan fingerprint density at radius 3 is 2.90 bits per heavy atom. The van der Waals surface area contributed by atoms with Gasteiger partial charge in [-0.1, -0.05) is 45.0 Å². The summed E-state index contributed by atoms with van der Waals surface area (Å²) in [6.07, 6.45) is 3.92. The van der Waals surface area contributed by atoms with Crippen LogP contribution in [0.1, 0.15) is 50.8 Å². The molecular formula is C18H28N2. The largest absolute Gasteiger partial charge is 0.308 e. The van der Waals surface area contributed by atoms with E-state index in [9.17, 15) is 0 Å². The van der Waals surface area contributed by atoms with Crippen LogP contribution in [0.15, 0.2) is 24.3 Å². The minimum atomic E-state index is 0.333. The highest BCUT2D eigenvalue weighted by molar-refractivity contribution is 5.37. The van der Waals surface area contributed by atoms with Crippen molar-refractivity contribution in [3.8, 4) is 0 Å². The van der Waals surface area contributed by atoms with Gasteiger partial charge in [-0.05, 0) is 48.9 Å². The number of hydrogen-bond acceptors (Lipinski definition) is 2. The quantitative estimate of drug-likeness (QED) is 0.904. The molecule has 2 heteroatoms. The molecule has 0 amide bonds. The Bertz CT molecular complexity index is 466. The minimum Gasteiger partial charge on any atom is -0.308 e. The third-order valence-electron chi connectivity index (χ3n) is 5.26. The maximum atomic E-state index is 3.89. The third-order valence-corrected chi connectivity index (χ3v) is 5.26. The molecule has 0 spiro atoms. The van der Waals surface area contributed by atoms with Crippen molar-refractivity contribution in [3.05, 3.63) is 35.4 Å². The van der Waals surface area contributed by atoms with Gasteiger partial charge < -0.3 is 5.32 Å². The van der Waals surface area contributed by atoms with Crippen LogP contribution in [0.2, 0.25) is 0 Å². The van der Waals surface area contributed by atoms with E-state index in [1.807, 2.05) is 0 Å². The Morgan fingerprint density at radius 1 is 1.30 bits per heavy atom. The minimum absolute atomic E-state index is 0.333. The second-order valence-electron chi connectivity index (χ2n) is 7.13. The Kier molecular flexibility index (Phi) is 3.87. The van der Waals surface area contributed by atoms with Crippen LogP contribution in [0.25, 0.3) is 0 Å². The molecule has 1 aromatic rings. The molecule has 2 nitrogen and oxygen atoms in total. The van der Waals surface area contributed by atoms with E-state index in [0.29, 0.717) is 11.5 Å². The van der Waals surface area contributed by atoms with Gasteiger partial charge in [-0.3, -0.25) is 4.90 Å². The third kappa shape index (κ3) is 2.51. The zero-order valence-electron chi connectivity index (χ0n) is 13.2. The first-order valence-corrected chi connectivity index (χ1v) is 8.17. The van der Waals surface area contributed by atoms with Gasteiger partial charge in [0.15, 0.2) is 0 Å². The highest BCUT2D eigenvalue weighted by atomic mass is 15.2. The Morgan fingerprint density at radius 2 is 2.10 bits per heavy atom. The lowest BCUT2D eigenvalue weighted by atomic mass is 9.85. The van der Waals surface area contributed by atoms with E-state index in [4.69, 9.17) is 0 Å². The topological polar surface area (TPSA) is 15.3 Å². The fourth-order valence-corrected chi connectivity index (χ4v) is 4.17. The van der Waals surface area contributed by atoms with Crippen molar-refractivity contribution in [1.29, 1.82) is 0 Å². The van der Waals surface area contributed by atoms with E-state index in [0.717, 1.165) is 12.6 Å². The van der Waals surface area contributed by atoms with E-state index >= 15 is 0 Å². The lowest BCUT2D eigenvalue weighted by Crippen LogP contribution is -2.41. The molecule has 1 N–H and O–H groups in total. The average molecular weight is 272 g/mol. The normalized spacial score (nSPS) is 28.8. The Balaban J connectivity index is 1.70. The van der Waals surface area contributed by atoms with Gasteiger partial charge >= 0.3 is 0 Å². The number of nitrogens with zero attached hydrogens (tertiary/aromatic N) is 1. The number of likely N-dealkylation sites (N-methyl/N-ethyl adjacent to an activating group) is 1. The molecule has 1 fully saturated rings. The smallest absolute Gasteiger partial charge is 0.0378 e. The molecule has 1 aliphatic carbocycles. The first kappa shape index (κ1) is 14.1.